The van der Waals surface area contributed by atoms with E-state index in [9.17, 15) is 0 Å². The predicted molar refractivity (Wildman–Crippen MR) is 86.5 cm³/mol. The third-order valence-electron chi connectivity index (χ3n) is 3.14. The van der Waals surface area contributed by atoms with E-state index < -0.39 is 0 Å². The molecule has 0 amide bonds. The number of hydrazine groups is 1. The normalized spacial score (nSPS) is 12.3. The van der Waals surface area contributed by atoms with E-state index >= 15 is 0 Å². The molecule has 19 heavy (non-hydrogen) atoms. The Kier molecular flexibility index (Phi) is 5.75. The number of nitrogens with one attached hydrogen (secondary N) is 1. The van der Waals surface area contributed by atoms with Crippen LogP contribution in [-0.4, -0.2) is 11.0 Å². The van der Waals surface area contributed by atoms with Crippen molar-refractivity contribution in [3.8, 4) is 0 Å². The van der Waals surface area contributed by atoms with Crippen molar-refractivity contribution >= 4 is 22.6 Å². The quantitative estimate of drug-likeness (QED) is 0.469. The van der Waals surface area contributed by atoms with Crippen LogP contribution in [0.1, 0.15) is 17.5 Å². The van der Waals surface area contributed by atoms with Crippen molar-refractivity contribution in [1.29, 1.82) is 0 Å². The summed E-state index contributed by atoms with van der Waals surface area (Å²) in [6.07, 6.45) is 6.67. The fraction of sp³-hybridized carbons (Fsp3) is 0.267. The van der Waals surface area contributed by atoms with E-state index in [1.54, 1.807) is 6.20 Å². The zero-order valence-electron chi connectivity index (χ0n) is 10.7. The Hall–Kier alpha value is -0.980. The lowest BCUT2D eigenvalue weighted by Crippen LogP contribution is -2.37. The number of hydrogen-bond donors (Lipinski definition) is 2. The second kappa shape index (κ2) is 7.57. The molecule has 100 valence electrons. The van der Waals surface area contributed by atoms with Gasteiger partial charge in [-0.25, -0.2) is 0 Å². The smallest absolute Gasteiger partial charge is 0.0299 e. The molecule has 1 aromatic carbocycles. The maximum Gasteiger partial charge on any atom is 0.0299 e. The van der Waals surface area contributed by atoms with Gasteiger partial charge in [0.05, 0.1) is 0 Å². The minimum absolute atomic E-state index is 0.292. The molecule has 0 saturated carbocycles. The van der Waals surface area contributed by atoms with Gasteiger partial charge in [0.2, 0.25) is 0 Å². The number of aromatic nitrogens is 1. The van der Waals surface area contributed by atoms with E-state index in [4.69, 9.17) is 5.84 Å². The van der Waals surface area contributed by atoms with Crippen molar-refractivity contribution < 1.29 is 0 Å². The standard InChI is InChI=1S/C15H18IN3/c16-14-6-3-12(4-7-14)10-15(19-17)8-5-13-2-1-9-18-11-13/h1-4,6-7,9,11,15,19H,5,8,10,17H2. The SMILES string of the molecule is NNC(CCc1cccnc1)Cc1ccc(I)cc1. The van der Waals surface area contributed by atoms with E-state index in [-0.39, 0.29) is 0 Å². The lowest BCUT2D eigenvalue weighted by atomic mass is 10.0. The number of pyridine rings is 1. The zero-order chi connectivity index (χ0) is 13.5. The summed E-state index contributed by atoms with van der Waals surface area (Å²) < 4.78 is 1.26. The lowest BCUT2D eigenvalue weighted by molar-refractivity contribution is 0.491. The molecule has 1 atom stereocenters. The minimum atomic E-state index is 0.292. The molecule has 1 unspecified atom stereocenters. The van der Waals surface area contributed by atoms with E-state index in [0.717, 1.165) is 19.3 Å². The Bertz CT molecular complexity index is 485. The van der Waals surface area contributed by atoms with Crippen molar-refractivity contribution in [2.45, 2.75) is 25.3 Å². The Balaban J connectivity index is 1.88. The van der Waals surface area contributed by atoms with Crippen LogP contribution in [-0.2, 0) is 12.8 Å². The molecule has 3 nitrogen and oxygen atoms in total. The van der Waals surface area contributed by atoms with Gasteiger partial charge in [0.1, 0.15) is 0 Å². The molecule has 0 fully saturated rings. The number of hydrogen-bond acceptors (Lipinski definition) is 3. The van der Waals surface area contributed by atoms with Gasteiger partial charge < -0.3 is 0 Å². The molecular formula is C15H18IN3. The number of benzene rings is 1. The highest BCUT2D eigenvalue weighted by molar-refractivity contribution is 14.1. The molecule has 0 radical (unpaired) electrons. The molecule has 3 N–H and O–H groups in total. The Labute approximate surface area is 127 Å². The second-order valence-corrected chi connectivity index (χ2v) is 5.84. The topological polar surface area (TPSA) is 50.9 Å². The Morgan fingerprint density at radius 1 is 1.16 bits per heavy atom. The molecule has 2 aromatic rings. The van der Waals surface area contributed by atoms with Crippen LogP contribution in [0, 0.1) is 3.57 Å². The Morgan fingerprint density at radius 2 is 1.95 bits per heavy atom. The van der Waals surface area contributed by atoms with Gasteiger partial charge in [-0.05, 0) is 71.2 Å². The first-order chi connectivity index (χ1) is 9.28. The van der Waals surface area contributed by atoms with E-state index in [2.05, 4.69) is 63.3 Å². The number of nitrogens with two attached hydrogens (primary N) is 1. The Morgan fingerprint density at radius 3 is 2.58 bits per heavy atom. The lowest BCUT2D eigenvalue weighted by Gasteiger charge is -2.16. The summed E-state index contributed by atoms with van der Waals surface area (Å²) >= 11 is 2.32. The van der Waals surface area contributed by atoms with Gasteiger partial charge >= 0.3 is 0 Å². The van der Waals surface area contributed by atoms with Crippen LogP contribution in [0.25, 0.3) is 0 Å². The van der Waals surface area contributed by atoms with Crippen molar-refractivity contribution in [2.24, 2.45) is 5.84 Å². The molecular weight excluding hydrogens is 349 g/mol. The maximum absolute atomic E-state index is 5.65. The fourth-order valence-corrected chi connectivity index (χ4v) is 2.40. The number of rotatable bonds is 6. The molecule has 0 saturated heterocycles. The summed E-state index contributed by atoms with van der Waals surface area (Å²) in [5.41, 5.74) is 5.48. The molecule has 0 bridgehead atoms. The number of nitrogens with zero attached hydrogens (tertiary/aromatic N) is 1. The van der Waals surface area contributed by atoms with Gasteiger partial charge in [0.25, 0.3) is 0 Å². The summed E-state index contributed by atoms with van der Waals surface area (Å²) in [5.74, 6) is 5.65. The van der Waals surface area contributed by atoms with Crippen LogP contribution in [0.4, 0.5) is 0 Å². The van der Waals surface area contributed by atoms with Crippen LogP contribution < -0.4 is 11.3 Å². The van der Waals surface area contributed by atoms with Crippen LogP contribution >= 0.6 is 22.6 Å². The van der Waals surface area contributed by atoms with Crippen molar-refractivity contribution in [3.63, 3.8) is 0 Å². The van der Waals surface area contributed by atoms with Crippen LogP contribution in [0.2, 0.25) is 0 Å². The highest BCUT2D eigenvalue weighted by Crippen LogP contribution is 2.11. The van der Waals surface area contributed by atoms with Crippen molar-refractivity contribution in [1.82, 2.24) is 10.4 Å². The highest BCUT2D eigenvalue weighted by Gasteiger charge is 2.08. The molecule has 1 heterocycles. The van der Waals surface area contributed by atoms with Crippen molar-refractivity contribution in [3.05, 3.63) is 63.5 Å². The first kappa shape index (κ1) is 14.4. The molecule has 0 aliphatic heterocycles. The van der Waals surface area contributed by atoms with Gasteiger partial charge in [-0.3, -0.25) is 16.3 Å². The summed E-state index contributed by atoms with van der Waals surface area (Å²) in [6, 6.07) is 13.0. The minimum Gasteiger partial charge on any atom is -0.271 e. The molecule has 4 heteroatoms. The van der Waals surface area contributed by atoms with Crippen molar-refractivity contribution in [2.75, 3.05) is 0 Å². The maximum atomic E-state index is 5.65. The average molecular weight is 367 g/mol. The number of halogens is 1. The van der Waals surface area contributed by atoms with E-state index in [1.807, 2.05) is 12.3 Å². The van der Waals surface area contributed by atoms with Crippen LogP contribution in [0.3, 0.4) is 0 Å². The molecule has 2 rings (SSSR count). The van der Waals surface area contributed by atoms with Gasteiger partial charge in [-0.1, -0.05) is 18.2 Å². The van der Waals surface area contributed by atoms with E-state index in [0.29, 0.717) is 6.04 Å². The average Bonchev–Trinajstić information content (AvgIpc) is 2.46. The fourth-order valence-electron chi connectivity index (χ4n) is 2.04. The molecule has 1 aromatic heterocycles. The third kappa shape index (κ3) is 4.89. The highest BCUT2D eigenvalue weighted by atomic mass is 127. The number of aryl methyl sites for hydroxylation is 1. The summed E-state index contributed by atoms with van der Waals surface area (Å²) in [5, 5.41) is 0. The molecule has 0 aliphatic carbocycles. The van der Waals surface area contributed by atoms with Gasteiger partial charge in [-0.2, -0.15) is 0 Å². The summed E-state index contributed by atoms with van der Waals surface area (Å²) in [4.78, 5) is 4.13. The second-order valence-electron chi connectivity index (χ2n) is 4.59. The summed E-state index contributed by atoms with van der Waals surface area (Å²) in [7, 11) is 0. The van der Waals surface area contributed by atoms with Crippen LogP contribution in [0.15, 0.2) is 48.8 Å². The molecule has 0 spiro atoms. The largest absolute Gasteiger partial charge is 0.271 e. The summed E-state index contributed by atoms with van der Waals surface area (Å²) in [6.45, 7) is 0. The van der Waals surface area contributed by atoms with E-state index in [1.165, 1.54) is 14.7 Å². The monoisotopic (exact) mass is 367 g/mol. The van der Waals surface area contributed by atoms with Crippen LogP contribution in [0.5, 0.6) is 0 Å². The van der Waals surface area contributed by atoms with Gasteiger partial charge in [0, 0.05) is 22.0 Å². The predicted octanol–water partition coefficient (Wildman–Crippen LogP) is 2.69. The van der Waals surface area contributed by atoms with Gasteiger partial charge in [-0.15, -0.1) is 0 Å². The first-order valence-electron chi connectivity index (χ1n) is 6.37. The van der Waals surface area contributed by atoms with Gasteiger partial charge in [0.15, 0.2) is 0 Å². The zero-order valence-corrected chi connectivity index (χ0v) is 12.9. The molecule has 0 aliphatic rings. The first-order valence-corrected chi connectivity index (χ1v) is 7.45. The third-order valence-corrected chi connectivity index (χ3v) is 3.85.